The Morgan fingerprint density at radius 3 is 2.33 bits per heavy atom. The van der Waals surface area contributed by atoms with Crippen molar-refractivity contribution < 1.29 is 0 Å². The fraction of sp³-hybridized carbons (Fsp3) is 1.00. The van der Waals surface area contributed by atoms with Crippen molar-refractivity contribution in [1.82, 2.24) is 15.1 Å². The Kier molecular flexibility index (Phi) is 6.61. The van der Waals surface area contributed by atoms with Gasteiger partial charge in [-0.15, -0.1) is 0 Å². The average molecular weight is 255 g/mol. The third-order valence-corrected chi connectivity index (χ3v) is 4.48. The minimum Gasteiger partial charge on any atom is -0.314 e. The van der Waals surface area contributed by atoms with Crippen LogP contribution in [0.1, 0.15) is 46.0 Å². The Balaban J connectivity index is 2.22. The predicted molar refractivity (Wildman–Crippen MR) is 80.1 cm³/mol. The number of nitrogens with one attached hydrogen (secondary N) is 1. The second-order valence-corrected chi connectivity index (χ2v) is 6.35. The largest absolute Gasteiger partial charge is 0.314 e. The van der Waals surface area contributed by atoms with Crippen molar-refractivity contribution in [2.24, 2.45) is 0 Å². The summed E-state index contributed by atoms with van der Waals surface area (Å²) >= 11 is 0. The lowest BCUT2D eigenvalue weighted by atomic mass is 9.75. The van der Waals surface area contributed by atoms with Crippen LogP contribution in [0.4, 0.5) is 0 Å². The quantitative estimate of drug-likeness (QED) is 0.681. The van der Waals surface area contributed by atoms with E-state index in [4.69, 9.17) is 0 Å². The fourth-order valence-electron chi connectivity index (χ4n) is 2.82. The average Bonchev–Trinajstić information content (AvgIpc) is 2.28. The van der Waals surface area contributed by atoms with Gasteiger partial charge in [-0.2, -0.15) is 0 Å². The van der Waals surface area contributed by atoms with Gasteiger partial charge in [0.15, 0.2) is 0 Å². The van der Waals surface area contributed by atoms with Crippen LogP contribution >= 0.6 is 0 Å². The molecular formula is C15H33N3. The van der Waals surface area contributed by atoms with Crippen molar-refractivity contribution in [3.05, 3.63) is 0 Å². The number of rotatable bonds is 9. The first-order chi connectivity index (χ1) is 8.50. The van der Waals surface area contributed by atoms with Crippen molar-refractivity contribution in [2.45, 2.75) is 57.5 Å². The molecule has 3 heteroatoms. The first kappa shape index (κ1) is 15.9. The van der Waals surface area contributed by atoms with Gasteiger partial charge < -0.3 is 15.1 Å². The Labute approximate surface area is 114 Å². The van der Waals surface area contributed by atoms with Crippen LogP contribution in [-0.4, -0.2) is 62.2 Å². The summed E-state index contributed by atoms with van der Waals surface area (Å²) in [7, 11) is 6.74. The van der Waals surface area contributed by atoms with Crippen molar-refractivity contribution in [1.29, 1.82) is 0 Å². The summed E-state index contributed by atoms with van der Waals surface area (Å²) in [5.74, 6) is 0. The first-order valence-corrected chi connectivity index (χ1v) is 7.59. The van der Waals surface area contributed by atoms with Crippen LogP contribution in [-0.2, 0) is 0 Å². The van der Waals surface area contributed by atoms with Gasteiger partial charge in [-0.25, -0.2) is 0 Å². The Morgan fingerprint density at radius 2 is 1.89 bits per heavy atom. The topological polar surface area (TPSA) is 18.5 Å². The second kappa shape index (κ2) is 7.46. The molecule has 0 heterocycles. The maximum absolute atomic E-state index is 3.56. The lowest BCUT2D eigenvalue weighted by molar-refractivity contribution is 0.0271. The molecule has 0 aliphatic heterocycles. The van der Waals surface area contributed by atoms with Crippen LogP contribution in [0.15, 0.2) is 0 Å². The Hall–Kier alpha value is -0.120. The third-order valence-electron chi connectivity index (χ3n) is 4.48. The summed E-state index contributed by atoms with van der Waals surface area (Å²) < 4.78 is 0. The number of hydrogen-bond donors (Lipinski definition) is 1. The maximum Gasteiger partial charge on any atom is 0.0330 e. The molecule has 1 unspecified atom stereocenters. The number of nitrogens with zero attached hydrogens (tertiary/aromatic N) is 2. The van der Waals surface area contributed by atoms with E-state index in [2.05, 4.69) is 50.1 Å². The molecule has 1 fully saturated rings. The zero-order valence-electron chi connectivity index (χ0n) is 13.1. The molecule has 0 aromatic heterocycles. The third kappa shape index (κ3) is 4.52. The van der Waals surface area contributed by atoms with Crippen molar-refractivity contribution >= 4 is 0 Å². The van der Waals surface area contributed by atoms with E-state index in [1.54, 1.807) is 0 Å². The standard InChI is InChI=1S/C15H33N3/c1-6-11-16-14(2)8-12-18(5)13-15(17(3)4)9-7-10-15/h14,16H,6-13H2,1-5H3. The minimum atomic E-state index is 0.467. The molecule has 1 saturated carbocycles. The molecule has 0 bridgehead atoms. The highest BCUT2D eigenvalue weighted by molar-refractivity contribution is 4.97. The van der Waals surface area contributed by atoms with Gasteiger partial charge in [0.05, 0.1) is 0 Å². The highest BCUT2D eigenvalue weighted by atomic mass is 15.2. The van der Waals surface area contributed by atoms with E-state index in [1.807, 2.05) is 0 Å². The molecule has 0 amide bonds. The second-order valence-electron chi connectivity index (χ2n) is 6.35. The van der Waals surface area contributed by atoms with Gasteiger partial charge in [0.1, 0.15) is 0 Å². The molecule has 1 aliphatic rings. The highest BCUT2D eigenvalue weighted by Crippen LogP contribution is 2.36. The zero-order chi connectivity index (χ0) is 13.6. The van der Waals surface area contributed by atoms with Gasteiger partial charge >= 0.3 is 0 Å². The summed E-state index contributed by atoms with van der Waals surface area (Å²) in [5, 5.41) is 3.56. The molecule has 0 spiro atoms. The molecule has 0 aromatic rings. The maximum atomic E-state index is 3.56. The highest BCUT2D eigenvalue weighted by Gasteiger charge is 2.39. The van der Waals surface area contributed by atoms with Gasteiger partial charge in [-0.05, 0) is 73.3 Å². The summed E-state index contributed by atoms with van der Waals surface area (Å²) in [4.78, 5) is 4.95. The monoisotopic (exact) mass is 255 g/mol. The van der Waals surface area contributed by atoms with Crippen LogP contribution in [0.5, 0.6) is 0 Å². The van der Waals surface area contributed by atoms with Crippen molar-refractivity contribution in [3.63, 3.8) is 0 Å². The number of hydrogen-bond acceptors (Lipinski definition) is 3. The fourth-order valence-corrected chi connectivity index (χ4v) is 2.82. The molecule has 0 radical (unpaired) electrons. The molecule has 108 valence electrons. The van der Waals surface area contributed by atoms with Crippen LogP contribution in [0.25, 0.3) is 0 Å². The zero-order valence-corrected chi connectivity index (χ0v) is 13.1. The lowest BCUT2D eigenvalue weighted by Crippen LogP contribution is -2.56. The van der Waals surface area contributed by atoms with E-state index in [9.17, 15) is 0 Å². The molecule has 18 heavy (non-hydrogen) atoms. The van der Waals surface area contributed by atoms with Gasteiger partial charge in [0.25, 0.3) is 0 Å². The summed E-state index contributed by atoms with van der Waals surface area (Å²) in [6.45, 7) is 8.10. The van der Waals surface area contributed by atoms with E-state index in [1.165, 1.54) is 45.2 Å². The van der Waals surface area contributed by atoms with Crippen molar-refractivity contribution in [3.8, 4) is 0 Å². The van der Waals surface area contributed by atoms with Gasteiger partial charge in [0.2, 0.25) is 0 Å². The van der Waals surface area contributed by atoms with E-state index < -0.39 is 0 Å². The Morgan fingerprint density at radius 1 is 1.22 bits per heavy atom. The Bertz CT molecular complexity index is 224. The van der Waals surface area contributed by atoms with Gasteiger partial charge in [-0.1, -0.05) is 6.92 Å². The lowest BCUT2D eigenvalue weighted by Gasteiger charge is -2.49. The van der Waals surface area contributed by atoms with E-state index in [0.29, 0.717) is 11.6 Å². The van der Waals surface area contributed by atoms with E-state index in [0.717, 1.165) is 6.54 Å². The minimum absolute atomic E-state index is 0.467. The SMILES string of the molecule is CCCNC(C)CCN(C)CC1(N(C)C)CCC1. The number of likely N-dealkylation sites (N-methyl/N-ethyl adjacent to an activating group) is 2. The van der Waals surface area contributed by atoms with Crippen LogP contribution in [0.3, 0.4) is 0 Å². The van der Waals surface area contributed by atoms with Crippen LogP contribution in [0, 0.1) is 0 Å². The molecular weight excluding hydrogens is 222 g/mol. The molecule has 1 aliphatic carbocycles. The molecule has 0 saturated heterocycles. The predicted octanol–water partition coefficient (Wildman–Crippen LogP) is 2.18. The smallest absolute Gasteiger partial charge is 0.0330 e. The van der Waals surface area contributed by atoms with Crippen molar-refractivity contribution in [2.75, 3.05) is 40.8 Å². The van der Waals surface area contributed by atoms with E-state index in [-0.39, 0.29) is 0 Å². The molecule has 1 rings (SSSR count). The van der Waals surface area contributed by atoms with Gasteiger partial charge in [-0.3, -0.25) is 0 Å². The summed E-state index contributed by atoms with van der Waals surface area (Å²) in [6, 6.07) is 0.643. The van der Waals surface area contributed by atoms with Crippen LogP contribution < -0.4 is 5.32 Å². The van der Waals surface area contributed by atoms with E-state index >= 15 is 0 Å². The normalized spacial score (nSPS) is 20.2. The molecule has 3 nitrogen and oxygen atoms in total. The molecule has 1 atom stereocenters. The molecule has 1 N–H and O–H groups in total. The molecule has 0 aromatic carbocycles. The van der Waals surface area contributed by atoms with Gasteiger partial charge in [0, 0.05) is 18.1 Å². The van der Waals surface area contributed by atoms with Crippen LogP contribution in [0.2, 0.25) is 0 Å². The summed E-state index contributed by atoms with van der Waals surface area (Å²) in [6.07, 6.45) is 6.62. The first-order valence-electron chi connectivity index (χ1n) is 7.59. The summed E-state index contributed by atoms with van der Waals surface area (Å²) in [5.41, 5.74) is 0.467.